The Labute approximate surface area is 106 Å². The molecular weight excluding hydrogens is 236 g/mol. The summed E-state index contributed by atoms with van der Waals surface area (Å²) in [5, 5.41) is 10.1. The molecule has 2 aliphatic heterocycles. The first-order chi connectivity index (χ1) is 8.26. The number of hydrogen-bond donors (Lipinski definition) is 1. The van der Waals surface area contributed by atoms with Gasteiger partial charge in [0.25, 0.3) is 0 Å². The molecule has 2 fully saturated rings. The molecule has 102 valence electrons. The fourth-order valence-corrected chi connectivity index (χ4v) is 3.03. The zero-order valence-corrected chi connectivity index (χ0v) is 11.2. The van der Waals surface area contributed by atoms with Crippen LogP contribution in [0.1, 0.15) is 34.1 Å². The maximum Gasteiger partial charge on any atom is 0.311 e. The predicted molar refractivity (Wildman–Crippen MR) is 62.5 cm³/mol. The van der Waals surface area contributed by atoms with Crippen LogP contribution >= 0.6 is 0 Å². The molecule has 0 unspecified atom stereocenters. The van der Waals surface area contributed by atoms with E-state index in [0.717, 1.165) is 0 Å². The molecule has 6 atom stereocenters. The average molecular weight is 256 g/mol. The summed E-state index contributed by atoms with van der Waals surface area (Å²) in [5.74, 6) is -1.68. The van der Waals surface area contributed by atoms with Gasteiger partial charge in [0.05, 0.1) is 17.9 Å². The summed E-state index contributed by atoms with van der Waals surface area (Å²) in [5.41, 5.74) is -0.827. The first-order valence-corrected chi connectivity index (χ1v) is 6.37. The Kier molecular flexibility index (Phi) is 3.13. The molecule has 0 bridgehead atoms. The maximum absolute atomic E-state index is 11.7. The lowest BCUT2D eigenvalue weighted by atomic mass is 9.77. The minimum absolute atomic E-state index is 0.197. The molecule has 18 heavy (non-hydrogen) atoms. The topological polar surface area (TPSA) is 72.8 Å². The Morgan fingerprint density at radius 1 is 1.22 bits per heavy atom. The summed E-state index contributed by atoms with van der Waals surface area (Å²) in [6.45, 7) is 7.03. The van der Waals surface area contributed by atoms with Crippen molar-refractivity contribution in [2.45, 2.75) is 51.9 Å². The lowest BCUT2D eigenvalue weighted by Gasteiger charge is -2.42. The lowest BCUT2D eigenvalue weighted by Crippen LogP contribution is -2.56. The minimum atomic E-state index is -0.827. The van der Waals surface area contributed by atoms with Gasteiger partial charge in [-0.15, -0.1) is 0 Å². The van der Waals surface area contributed by atoms with E-state index in [9.17, 15) is 14.7 Å². The normalized spacial score (nSPS) is 48.8. The van der Waals surface area contributed by atoms with E-state index in [2.05, 4.69) is 0 Å². The van der Waals surface area contributed by atoms with E-state index in [0.29, 0.717) is 6.42 Å². The van der Waals surface area contributed by atoms with E-state index in [1.165, 1.54) is 0 Å². The van der Waals surface area contributed by atoms with Crippen LogP contribution in [0.15, 0.2) is 0 Å². The largest absolute Gasteiger partial charge is 0.457 e. The molecule has 2 heterocycles. The summed E-state index contributed by atoms with van der Waals surface area (Å²) < 4.78 is 10.8. The van der Waals surface area contributed by atoms with E-state index in [-0.39, 0.29) is 17.8 Å². The van der Waals surface area contributed by atoms with Crippen LogP contribution in [0, 0.1) is 17.8 Å². The lowest BCUT2D eigenvalue weighted by molar-refractivity contribution is -0.205. The molecule has 2 saturated heterocycles. The van der Waals surface area contributed by atoms with Gasteiger partial charge in [-0.1, -0.05) is 13.8 Å². The highest BCUT2D eigenvalue weighted by Crippen LogP contribution is 2.41. The molecular formula is C13H20O5. The SMILES string of the molecule is C[C@H]1[C@H](O)[C@@H](C)C(=O)O[C@H]1[C@@]1(C)C[C@@H](C)C(=O)O1. The van der Waals surface area contributed by atoms with Gasteiger partial charge in [0.15, 0.2) is 0 Å². The zero-order valence-electron chi connectivity index (χ0n) is 11.2. The summed E-state index contributed by atoms with van der Waals surface area (Å²) >= 11 is 0. The predicted octanol–water partition coefficient (Wildman–Crippen LogP) is 0.887. The molecule has 0 amide bonds. The van der Waals surface area contributed by atoms with Crippen LogP contribution in [0.2, 0.25) is 0 Å². The second-order valence-electron chi connectivity index (χ2n) is 5.83. The van der Waals surface area contributed by atoms with Crippen molar-refractivity contribution >= 4 is 11.9 Å². The van der Waals surface area contributed by atoms with E-state index in [1.807, 2.05) is 6.92 Å². The molecule has 2 aliphatic rings. The Balaban J connectivity index is 2.23. The molecule has 5 heteroatoms. The van der Waals surface area contributed by atoms with Crippen molar-refractivity contribution in [2.75, 3.05) is 0 Å². The molecule has 2 rings (SSSR count). The van der Waals surface area contributed by atoms with Crippen molar-refractivity contribution in [3.05, 3.63) is 0 Å². The van der Waals surface area contributed by atoms with Crippen LogP contribution in [0.3, 0.4) is 0 Å². The van der Waals surface area contributed by atoms with E-state index in [1.54, 1.807) is 20.8 Å². The molecule has 0 spiro atoms. The van der Waals surface area contributed by atoms with Gasteiger partial charge >= 0.3 is 11.9 Å². The van der Waals surface area contributed by atoms with Crippen LogP contribution in [0.4, 0.5) is 0 Å². The van der Waals surface area contributed by atoms with E-state index < -0.39 is 29.7 Å². The molecule has 0 aromatic rings. The number of esters is 2. The van der Waals surface area contributed by atoms with E-state index in [4.69, 9.17) is 9.47 Å². The third-order valence-corrected chi connectivity index (χ3v) is 4.19. The molecule has 0 radical (unpaired) electrons. The van der Waals surface area contributed by atoms with Gasteiger partial charge in [0, 0.05) is 12.3 Å². The van der Waals surface area contributed by atoms with Crippen LogP contribution < -0.4 is 0 Å². The van der Waals surface area contributed by atoms with Gasteiger partial charge < -0.3 is 14.6 Å². The molecule has 0 aromatic heterocycles. The number of cyclic esters (lactones) is 2. The summed E-state index contributed by atoms with van der Waals surface area (Å²) in [6.07, 6.45) is -0.831. The second kappa shape index (κ2) is 4.23. The molecule has 0 aliphatic carbocycles. The minimum Gasteiger partial charge on any atom is -0.457 e. The third kappa shape index (κ3) is 1.90. The first-order valence-electron chi connectivity index (χ1n) is 6.37. The number of aliphatic hydroxyl groups is 1. The molecule has 0 saturated carbocycles. The highest BCUT2D eigenvalue weighted by atomic mass is 16.6. The quantitative estimate of drug-likeness (QED) is 0.705. The highest BCUT2D eigenvalue weighted by Gasteiger charge is 2.55. The maximum atomic E-state index is 11.7. The summed E-state index contributed by atoms with van der Waals surface area (Å²) in [7, 11) is 0. The number of rotatable bonds is 1. The first kappa shape index (κ1) is 13.3. The van der Waals surface area contributed by atoms with Crippen molar-refractivity contribution in [3.63, 3.8) is 0 Å². The van der Waals surface area contributed by atoms with Gasteiger partial charge in [-0.2, -0.15) is 0 Å². The Morgan fingerprint density at radius 2 is 1.83 bits per heavy atom. The van der Waals surface area contributed by atoms with Gasteiger partial charge in [0.1, 0.15) is 11.7 Å². The highest BCUT2D eigenvalue weighted by molar-refractivity contribution is 5.76. The van der Waals surface area contributed by atoms with Crippen molar-refractivity contribution < 1.29 is 24.2 Å². The second-order valence-corrected chi connectivity index (χ2v) is 5.83. The van der Waals surface area contributed by atoms with Crippen LogP contribution in [0.5, 0.6) is 0 Å². The van der Waals surface area contributed by atoms with E-state index >= 15 is 0 Å². The Bertz CT molecular complexity index is 380. The number of carbonyl (C=O) groups is 2. The Morgan fingerprint density at radius 3 is 2.33 bits per heavy atom. The Hall–Kier alpha value is -1.10. The summed E-state index contributed by atoms with van der Waals surface area (Å²) in [6, 6.07) is 0. The van der Waals surface area contributed by atoms with Crippen molar-refractivity contribution in [1.82, 2.24) is 0 Å². The van der Waals surface area contributed by atoms with Gasteiger partial charge in [-0.05, 0) is 13.8 Å². The zero-order chi connectivity index (χ0) is 13.7. The standard InChI is InChI=1S/C13H20O5/c1-6-5-13(4,18-11(6)15)10-7(2)9(14)8(3)12(16)17-10/h6-10,14H,5H2,1-4H3/t6-,7+,8-,9+,10-,13-/m1/s1. The fraction of sp³-hybridized carbons (Fsp3) is 0.846. The van der Waals surface area contributed by atoms with Crippen LogP contribution in [-0.4, -0.2) is 34.9 Å². The molecule has 5 nitrogen and oxygen atoms in total. The number of aliphatic hydroxyl groups excluding tert-OH is 1. The number of hydrogen-bond acceptors (Lipinski definition) is 5. The summed E-state index contributed by atoms with van der Waals surface area (Å²) in [4.78, 5) is 23.2. The van der Waals surface area contributed by atoms with Crippen LogP contribution in [-0.2, 0) is 19.1 Å². The monoisotopic (exact) mass is 256 g/mol. The number of ether oxygens (including phenoxy) is 2. The number of carbonyl (C=O) groups excluding carboxylic acids is 2. The van der Waals surface area contributed by atoms with Gasteiger partial charge in [0.2, 0.25) is 0 Å². The smallest absolute Gasteiger partial charge is 0.311 e. The van der Waals surface area contributed by atoms with Gasteiger partial charge in [-0.3, -0.25) is 9.59 Å². The van der Waals surface area contributed by atoms with Gasteiger partial charge in [-0.25, -0.2) is 0 Å². The van der Waals surface area contributed by atoms with Crippen molar-refractivity contribution in [1.29, 1.82) is 0 Å². The van der Waals surface area contributed by atoms with Crippen molar-refractivity contribution in [2.24, 2.45) is 17.8 Å². The molecule has 0 aromatic carbocycles. The van der Waals surface area contributed by atoms with Crippen molar-refractivity contribution in [3.8, 4) is 0 Å². The average Bonchev–Trinajstić information content (AvgIpc) is 2.56. The third-order valence-electron chi connectivity index (χ3n) is 4.19. The molecule has 1 N–H and O–H groups in total. The fourth-order valence-electron chi connectivity index (χ4n) is 3.03. The van der Waals surface area contributed by atoms with Crippen LogP contribution in [0.25, 0.3) is 0 Å².